The van der Waals surface area contributed by atoms with E-state index < -0.39 is 45.8 Å². The summed E-state index contributed by atoms with van der Waals surface area (Å²) in [5.41, 5.74) is -1.91. The molecular formula is C24H20N2O8. The Hall–Kier alpha value is -4.52. The Morgan fingerprint density at radius 3 is 1.32 bits per heavy atom. The van der Waals surface area contributed by atoms with Crippen LogP contribution in [0.1, 0.15) is 79.2 Å². The summed E-state index contributed by atoms with van der Waals surface area (Å²) in [7, 11) is 0. The molecule has 0 aromatic heterocycles. The van der Waals surface area contributed by atoms with Crippen LogP contribution in [0.15, 0.2) is 34.3 Å². The van der Waals surface area contributed by atoms with E-state index in [0.29, 0.717) is 12.8 Å². The van der Waals surface area contributed by atoms with Crippen LogP contribution in [0.25, 0.3) is 0 Å². The van der Waals surface area contributed by atoms with Crippen molar-refractivity contribution in [3.63, 3.8) is 0 Å². The molecule has 0 saturated heterocycles. The highest BCUT2D eigenvalue weighted by molar-refractivity contribution is 6.51. The van der Waals surface area contributed by atoms with Crippen molar-refractivity contribution in [2.45, 2.75) is 39.5 Å². The van der Waals surface area contributed by atoms with E-state index in [2.05, 4.69) is 9.98 Å². The highest BCUT2D eigenvalue weighted by atomic mass is 16.4. The fourth-order valence-electron chi connectivity index (χ4n) is 3.69. The van der Waals surface area contributed by atoms with E-state index >= 15 is 0 Å². The van der Waals surface area contributed by atoms with E-state index in [1.54, 1.807) is 13.8 Å². The fraction of sp³-hybridized carbons (Fsp3) is 0.250. The minimum absolute atomic E-state index is 0.0236. The Labute approximate surface area is 193 Å². The second-order valence-electron chi connectivity index (χ2n) is 7.15. The molecule has 0 atom stereocenters. The maximum absolute atomic E-state index is 13.5. The number of carboxylic acid groups (broad SMARTS) is 2. The number of carboxylic acids is 2. The van der Waals surface area contributed by atoms with Crippen molar-refractivity contribution in [2.75, 3.05) is 0 Å². The molecule has 2 aromatic carbocycles. The van der Waals surface area contributed by atoms with Gasteiger partial charge in [0.1, 0.15) is 0 Å². The fourth-order valence-corrected chi connectivity index (χ4v) is 3.69. The smallest absolute Gasteiger partial charge is 0.336 e. The number of hydrogen-bond acceptors (Lipinski definition) is 8. The van der Waals surface area contributed by atoms with Gasteiger partial charge < -0.3 is 10.2 Å². The van der Waals surface area contributed by atoms with Gasteiger partial charge in [0.25, 0.3) is 0 Å². The third-order valence-corrected chi connectivity index (χ3v) is 5.03. The summed E-state index contributed by atoms with van der Waals surface area (Å²) < 4.78 is 0. The van der Waals surface area contributed by atoms with Gasteiger partial charge in [-0.3, -0.25) is 9.59 Å². The number of nitrogens with zero attached hydrogens (tertiary/aromatic N) is 2. The molecule has 0 heterocycles. The Bertz CT molecular complexity index is 1180. The zero-order valence-electron chi connectivity index (χ0n) is 18.4. The molecule has 0 spiro atoms. The number of benzene rings is 2. The second-order valence-corrected chi connectivity index (χ2v) is 7.15. The van der Waals surface area contributed by atoms with E-state index in [1.165, 1.54) is 24.3 Å². The summed E-state index contributed by atoms with van der Waals surface area (Å²) in [5, 5.41) is 19.3. The number of Topliss-reactive ketones (excluding diaryl/α,β-unsaturated/α-hetero) is 2. The quantitative estimate of drug-likeness (QED) is 0.218. The number of ketones is 2. The molecule has 0 amide bonds. The first-order chi connectivity index (χ1) is 16.2. The highest BCUT2D eigenvalue weighted by Gasteiger charge is 2.32. The lowest BCUT2D eigenvalue weighted by Crippen LogP contribution is -2.24. The molecule has 0 unspecified atom stereocenters. The number of hydrogen-bond donors (Lipinski definition) is 2. The summed E-state index contributed by atoms with van der Waals surface area (Å²) in [6, 6.07) is 4.53. The van der Waals surface area contributed by atoms with Gasteiger partial charge >= 0.3 is 11.9 Å². The molecule has 0 aliphatic rings. The number of carbonyl (C=O) groups is 4. The van der Waals surface area contributed by atoms with Crippen LogP contribution in [0.3, 0.4) is 0 Å². The molecule has 2 rings (SSSR count). The van der Waals surface area contributed by atoms with Crippen LogP contribution in [0.5, 0.6) is 0 Å². The predicted octanol–water partition coefficient (Wildman–Crippen LogP) is 3.99. The number of aliphatic imine (C=N–C) groups is 2. The van der Waals surface area contributed by atoms with Gasteiger partial charge in [-0.1, -0.05) is 26.7 Å². The molecule has 2 N–H and O–H groups in total. The van der Waals surface area contributed by atoms with Crippen LogP contribution >= 0.6 is 0 Å². The van der Waals surface area contributed by atoms with Gasteiger partial charge in [0, 0.05) is 11.1 Å². The lowest BCUT2D eigenvalue weighted by Gasteiger charge is -2.16. The Morgan fingerprint density at radius 1 is 0.706 bits per heavy atom. The van der Waals surface area contributed by atoms with E-state index in [0.717, 1.165) is 12.1 Å². The van der Waals surface area contributed by atoms with Crippen LogP contribution in [0, 0.1) is 0 Å². The SMILES string of the molecule is CCCc1c(N=C=O)ccc(C(=O)O)c1C(=O)C(=O)c1c(C(=O)O)ccc(N=C=O)c1CCC. The molecule has 10 nitrogen and oxygen atoms in total. The molecule has 0 aliphatic heterocycles. The predicted molar refractivity (Wildman–Crippen MR) is 119 cm³/mol. The summed E-state index contributed by atoms with van der Waals surface area (Å²) in [4.78, 5) is 79.4. The topological polar surface area (TPSA) is 168 Å². The van der Waals surface area contributed by atoms with E-state index in [9.17, 15) is 39.0 Å². The lowest BCUT2D eigenvalue weighted by atomic mass is 9.86. The normalized spacial score (nSPS) is 10.1. The van der Waals surface area contributed by atoms with Crippen LogP contribution < -0.4 is 0 Å². The molecular weight excluding hydrogens is 444 g/mol. The molecule has 0 bridgehead atoms. The Morgan fingerprint density at radius 2 is 1.06 bits per heavy atom. The largest absolute Gasteiger partial charge is 0.478 e. The minimum Gasteiger partial charge on any atom is -0.478 e. The van der Waals surface area contributed by atoms with Crippen LogP contribution in [0.4, 0.5) is 11.4 Å². The maximum atomic E-state index is 13.5. The van der Waals surface area contributed by atoms with Crippen LogP contribution in [-0.2, 0) is 22.4 Å². The molecule has 2 aromatic rings. The zero-order valence-corrected chi connectivity index (χ0v) is 18.4. The van der Waals surface area contributed by atoms with E-state index in [1.807, 2.05) is 0 Å². The van der Waals surface area contributed by atoms with Crippen molar-refractivity contribution in [3.8, 4) is 0 Å². The molecule has 0 fully saturated rings. The summed E-state index contributed by atoms with van der Waals surface area (Å²) in [6.45, 7) is 3.47. The molecule has 0 radical (unpaired) electrons. The van der Waals surface area contributed by atoms with Gasteiger partial charge in [0.05, 0.1) is 22.5 Å². The van der Waals surface area contributed by atoms with E-state index in [-0.39, 0.29) is 35.3 Å². The van der Waals surface area contributed by atoms with Gasteiger partial charge in [0.15, 0.2) is 0 Å². The summed E-state index contributed by atoms with van der Waals surface area (Å²) >= 11 is 0. The molecule has 0 aliphatic carbocycles. The molecule has 174 valence electrons. The standard InChI is InChI=1S/C24H20N2O8/c1-3-5-13-17(25-11-27)9-7-15(23(31)32)19(13)21(29)22(30)20-14(6-4-2)18(26-12-28)10-8-16(20)24(33)34/h7-10H,3-6H2,1-2H3,(H,31,32)(H,33,34). The highest BCUT2D eigenvalue weighted by Crippen LogP contribution is 2.32. The van der Waals surface area contributed by atoms with Crippen LogP contribution in [-0.4, -0.2) is 45.9 Å². The molecule has 0 saturated carbocycles. The number of carbonyl (C=O) groups excluding carboxylic acids is 4. The third kappa shape index (κ3) is 5.10. The Kier molecular flexibility index (Phi) is 8.61. The first-order valence-electron chi connectivity index (χ1n) is 10.3. The van der Waals surface area contributed by atoms with Crippen molar-refractivity contribution < 1.29 is 39.0 Å². The number of rotatable bonds is 11. The first-order valence-corrected chi connectivity index (χ1v) is 10.3. The maximum Gasteiger partial charge on any atom is 0.336 e. The number of aromatic carboxylic acids is 2. The van der Waals surface area contributed by atoms with Crippen LogP contribution in [0.2, 0.25) is 0 Å². The lowest BCUT2D eigenvalue weighted by molar-refractivity contribution is 0.0678. The van der Waals surface area contributed by atoms with Crippen molar-refractivity contribution in [1.29, 1.82) is 0 Å². The average molecular weight is 464 g/mol. The third-order valence-electron chi connectivity index (χ3n) is 5.03. The van der Waals surface area contributed by atoms with Gasteiger partial charge in [-0.2, -0.15) is 9.98 Å². The number of isocyanates is 2. The Balaban J connectivity index is 2.93. The summed E-state index contributed by atoms with van der Waals surface area (Å²) in [5.74, 6) is -5.56. The van der Waals surface area contributed by atoms with Gasteiger partial charge in [-0.15, -0.1) is 0 Å². The van der Waals surface area contributed by atoms with Gasteiger partial charge in [-0.25, -0.2) is 19.2 Å². The summed E-state index contributed by atoms with van der Waals surface area (Å²) in [6.07, 6.45) is 3.73. The second kappa shape index (κ2) is 11.4. The monoisotopic (exact) mass is 464 g/mol. The minimum atomic E-state index is -1.50. The molecule has 34 heavy (non-hydrogen) atoms. The first kappa shape index (κ1) is 25.7. The molecule has 10 heteroatoms. The van der Waals surface area contributed by atoms with Crippen molar-refractivity contribution in [3.05, 3.63) is 57.6 Å². The van der Waals surface area contributed by atoms with Gasteiger partial charge in [-0.05, 0) is 48.2 Å². The van der Waals surface area contributed by atoms with Crippen molar-refractivity contribution in [1.82, 2.24) is 0 Å². The van der Waals surface area contributed by atoms with Crippen molar-refractivity contribution in [2.24, 2.45) is 9.98 Å². The van der Waals surface area contributed by atoms with Gasteiger partial charge in [0.2, 0.25) is 23.7 Å². The zero-order chi connectivity index (χ0) is 25.4. The van der Waals surface area contributed by atoms with Crippen molar-refractivity contribution >= 4 is 47.0 Å². The van der Waals surface area contributed by atoms with E-state index in [4.69, 9.17) is 0 Å². The average Bonchev–Trinajstić information content (AvgIpc) is 2.80.